The molecule has 23 heavy (non-hydrogen) atoms. The second-order valence-corrected chi connectivity index (χ2v) is 5.93. The molecule has 2 heterocycles. The molecule has 1 amide bonds. The highest BCUT2D eigenvalue weighted by Crippen LogP contribution is 2.34. The van der Waals surface area contributed by atoms with Crippen LogP contribution in [0.25, 0.3) is 0 Å². The van der Waals surface area contributed by atoms with Crippen LogP contribution in [0.4, 0.5) is 15.8 Å². The van der Waals surface area contributed by atoms with Gasteiger partial charge in [-0.25, -0.2) is 4.39 Å². The van der Waals surface area contributed by atoms with E-state index in [2.05, 4.69) is 22.7 Å². The van der Waals surface area contributed by atoms with Crippen molar-refractivity contribution in [3.05, 3.63) is 54.1 Å². The molecule has 0 N–H and O–H groups in total. The summed E-state index contributed by atoms with van der Waals surface area (Å²) in [7, 11) is 0. The highest BCUT2D eigenvalue weighted by atomic mass is 32.1. The minimum atomic E-state index is -0.387. The number of amides is 1. The minimum absolute atomic E-state index is 0.306. The van der Waals surface area contributed by atoms with E-state index in [0.29, 0.717) is 11.3 Å². The zero-order chi connectivity index (χ0) is 16.2. The van der Waals surface area contributed by atoms with Gasteiger partial charge in [0.25, 0.3) is 5.91 Å². The number of rotatable bonds is 3. The van der Waals surface area contributed by atoms with Crippen molar-refractivity contribution in [1.82, 2.24) is 4.98 Å². The van der Waals surface area contributed by atoms with Crippen LogP contribution in [0.3, 0.4) is 0 Å². The maximum atomic E-state index is 13.7. The Morgan fingerprint density at radius 3 is 2.52 bits per heavy atom. The van der Waals surface area contributed by atoms with Crippen molar-refractivity contribution >= 4 is 30.1 Å². The standard InChI is InChI=1S/C17H18FN3OS/c18-14-4-5-15(20-10-2-1-3-11-20)16(12-14)21(23)17(22)13-6-8-19-9-7-13/h4-9,12,23H,1-3,10-11H2. The lowest BCUT2D eigenvalue weighted by atomic mass is 10.1. The molecule has 1 aromatic carbocycles. The molecule has 1 aliphatic heterocycles. The number of nitrogens with zero attached hydrogens (tertiary/aromatic N) is 3. The Labute approximate surface area is 140 Å². The molecule has 0 unspecified atom stereocenters. The van der Waals surface area contributed by atoms with Gasteiger partial charge in [-0.2, -0.15) is 0 Å². The Kier molecular flexibility index (Phi) is 4.81. The number of piperidine rings is 1. The van der Waals surface area contributed by atoms with Crippen LogP contribution in [0.15, 0.2) is 42.7 Å². The van der Waals surface area contributed by atoms with Gasteiger partial charge < -0.3 is 4.90 Å². The Hall–Kier alpha value is -2.08. The molecule has 0 radical (unpaired) electrons. The first-order valence-electron chi connectivity index (χ1n) is 7.64. The Morgan fingerprint density at radius 1 is 1.13 bits per heavy atom. The minimum Gasteiger partial charge on any atom is -0.370 e. The summed E-state index contributed by atoms with van der Waals surface area (Å²) in [4.78, 5) is 18.7. The second-order valence-electron chi connectivity index (χ2n) is 5.53. The summed E-state index contributed by atoms with van der Waals surface area (Å²) >= 11 is 4.33. The molecule has 0 aliphatic carbocycles. The number of pyridine rings is 1. The van der Waals surface area contributed by atoms with E-state index in [0.717, 1.165) is 31.6 Å². The third-order valence-electron chi connectivity index (χ3n) is 3.98. The molecule has 0 atom stereocenters. The summed E-state index contributed by atoms with van der Waals surface area (Å²) in [6.07, 6.45) is 6.49. The van der Waals surface area contributed by atoms with Crippen LogP contribution in [-0.4, -0.2) is 24.0 Å². The summed E-state index contributed by atoms with van der Waals surface area (Å²) in [6.45, 7) is 1.81. The van der Waals surface area contributed by atoms with E-state index in [9.17, 15) is 9.18 Å². The topological polar surface area (TPSA) is 36.4 Å². The molecule has 2 aromatic rings. The van der Waals surface area contributed by atoms with Crippen molar-refractivity contribution in [2.45, 2.75) is 19.3 Å². The molecule has 0 bridgehead atoms. The van der Waals surface area contributed by atoms with Gasteiger partial charge in [-0.1, -0.05) is 12.8 Å². The van der Waals surface area contributed by atoms with E-state index in [1.807, 2.05) is 0 Å². The second kappa shape index (κ2) is 7.00. The highest BCUT2D eigenvalue weighted by Gasteiger charge is 2.22. The first kappa shape index (κ1) is 15.8. The van der Waals surface area contributed by atoms with Gasteiger partial charge in [0.15, 0.2) is 0 Å². The Morgan fingerprint density at radius 2 is 1.83 bits per heavy atom. The van der Waals surface area contributed by atoms with Crippen molar-refractivity contribution in [2.75, 3.05) is 22.3 Å². The molecule has 6 heteroatoms. The van der Waals surface area contributed by atoms with Crippen molar-refractivity contribution < 1.29 is 9.18 Å². The molecule has 1 aromatic heterocycles. The number of hydrogen-bond acceptors (Lipinski definition) is 4. The van der Waals surface area contributed by atoms with Crippen molar-refractivity contribution in [2.24, 2.45) is 0 Å². The van der Waals surface area contributed by atoms with Crippen LogP contribution in [0, 0.1) is 5.82 Å². The molecule has 1 saturated heterocycles. The SMILES string of the molecule is O=C(c1ccncc1)N(S)c1cc(F)ccc1N1CCCCC1. The Bertz CT molecular complexity index is 689. The largest absolute Gasteiger partial charge is 0.370 e. The third-order valence-corrected chi connectivity index (χ3v) is 4.38. The van der Waals surface area contributed by atoms with Crippen molar-refractivity contribution in [3.8, 4) is 0 Å². The molecular formula is C17H18FN3OS. The van der Waals surface area contributed by atoms with Crippen molar-refractivity contribution in [1.29, 1.82) is 0 Å². The van der Waals surface area contributed by atoms with Crippen LogP contribution in [0.2, 0.25) is 0 Å². The quantitative estimate of drug-likeness (QED) is 0.871. The maximum absolute atomic E-state index is 13.7. The lowest BCUT2D eigenvalue weighted by Crippen LogP contribution is -2.31. The number of carbonyl (C=O) groups is 1. The van der Waals surface area contributed by atoms with Gasteiger partial charge in [-0.3, -0.25) is 14.1 Å². The number of hydrogen-bond donors (Lipinski definition) is 1. The van der Waals surface area contributed by atoms with Crippen molar-refractivity contribution in [3.63, 3.8) is 0 Å². The summed E-state index contributed by atoms with van der Waals surface area (Å²) in [6, 6.07) is 7.73. The van der Waals surface area contributed by atoms with E-state index < -0.39 is 0 Å². The van der Waals surface area contributed by atoms with E-state index in [1.165, 1.54) is 22.9 Å². The molecule has 1 fully saturated rings. The van der Waals surface area contributed by atoms with Gasteiger partial charge in [0.2, 0.25) is 0 Å². The zero-order valence-electron chi connectivity index (χ0n) is 12.7. The average Bonchev–Trinajstić information content (AvgIpc) is 2.62. The van der Waals surface area contributed by atoms with Gasteiger partial charge in [0.05, 0.1) is 11.4 Å². The zero-order valence-corrected chi connectivity index (χ0v) is 13.5. The first-order valence-corrected chi connectivity index (χ1v) is 8.04. The molecule has 4 nitrogen and oxygen atoms in total. The number of halogens is 1. The summed E-state index contributed by atoms with van der Waals surface area (Å²) in [5.74, 6) is -0.693. The van der Waals surface area contributed by atoms with Gasteiger partial charge in [-0.15, -0.1) is 0 Å². The monoisotopic (exact) mass is 331 g/mol. The van der Waals surface area contributed by atoms with Gasteiger partial charge in [0, 0.05) is 37.1 Å². The normalized spacial score (nSPS) is 14.6. The van der Waals surface area contributed by atoms with Gasteiger partial charge in [0.1, 0.15) is 5.82 Å². The lowest BCUT2D eigenvalue weighted by Gasteiger charge is -2.32. The van der Waals surface area contributed by atoms with Crippen LogP contribution in [-0.2, 0) is 0 Å². The number of carbonyl (C=O) groups excluding carboxylic acids is 1. The molecule has 1 aliphatic rings. The smallest absolute Gasteiger partial charge is 0.268 e. The predicted octanol–water partition coefficient (Wildman–Crippen LogP) is 3.70. The fraction of sp³-hybridized carbons (Fsp3) is 0.294. The highest BCUT2D eigenvalue weighted by molar-refractivity contribution is 7.82. The van der Waals surface area contributed by atoms with Gasteiger partial charge >= 0.3 is 0 Å². The molecular weight excluding hydrogens is 313 g/mol. The predicted molar refractivity (Wildman–Crippen MR) is 92.5 cm³/mol. The number of aromatic nitrogens is 1. The summed E-state index contributed by atoms with van der Waals surface area (Å²) < 4.78 is 15.0. The summed E-state index contributed by atoms with van der Waals surface area (Å²) in [5, 5.41) is 0. The van der Waals surface area contributed by atoms with Crippen LogP contribution < -0.4 is 9.21 Å². The van der Waals surface area contributed by atoms with E-state index in [-0.39, 0.29) is 11.7 Å². The lowest BCUT2D eigenvalue weighted by molar-refractivity contribution is 0.101. The van der Waals surface area contributed by atoms with E-state index >= 15 is 0 Å². The van der Waals surface area contributed by atoms with Crippen LogP contribution in [0.5, 0.6) is 0 Å². The first-order chi connectivity index (χ1) is 11.2. The van der Waals surface area contributed by atoms with E-state index in [1.54, 1.807) is 30.6 Å². The van der Waals surface area contributed by atoms with Gasteiger partial charge in [-0.05, 0) is 43.5 Å². The average molecular weight is 331 g/mol. The number of thiol groups is 1. The van der Waals surface area contributed by atoms with E-state index in [4.69, 9.17) is 0 Å². The molecule has 120 valence electrons. The maximum Gasteiger partial charge on any atom is 0.268 e. The van der Waals surface area contributed by atoms with Crippen LogP contribution in [0.1, 0.15) is 29.6 Å². The molecule has 3 rings (SSSR count). The fourth-order valence-corrected chi connectivity index (χ4v) is 3.07. The third kappa shape index (κ3) is 3.47. The van der Waals surface area contributed by atoms with Crippen LogP contribution >= 0.6 is 12.8 Å². The number of anilines is 2. The Balaban J connectivity index is 1.94. The number of benzene rings is 1. The summed E-state index contributed by atoms with van der Waals surface area (Å²) in [5.41, 5.74) is 1.77. The molecule has 0 saturated carbocycles. The molecule has 0 spiro atoms. The fourth-order valence-electron chi connectivity index (χ4n) is 2.79.